The second-order valence-corrected chi connectivity index (χ2v) is 3.53. The zero-order chi connectivity index (χ0) is 10.6. The van der Waals surface area contributed by atoms with Gasteiger partial charge >= 0.3 is 0 Å². The highest BCUT2D eigenvalue weighted by Gasteiger charge is 2.05. The van der Waals surface area contributed by atoms with E-state index >= 15 is 0 Å². The molecule has 1 aromatic heterocycles. The average molecular weight is 195 g/mol. The second kappa shape index (κ2) is 4.79. The fourth-order valence-corrected chi connectivity index (χ4v) is 1.34. The predicted octanol–water partition coefficient (Wildman–Crippen LogP) is 1.38. The molecule has 0 saturated carbocycles. The van der Waals surface area contributed by atoms with Gasteiger partial charge in [-0.2, -0.15) is 0 Å². The van der Waals surface area contributed by atoms with Gasteiger partial charge in [0.25, 0.3) is 5.56 Å². The summed E-state index contributed by atoms with van der Waals surface area (Å²) in [5.41, 5.74) is -0.0737. The zero-order valence-electron chi connectivity index (χ0n) is 8.95. The van der Waals surface area contributed by atoms with Crippen LogP contribution < -0.4 is 10.9 Å². The first-order valence-corrected chi connectivity index (χ1v) is 4.93. The van der Waals surface area contributed by atoms with Crippen LogP contribution in [0.25, 0.3) is 0 Å². The van der Waals surface area contributed by atoms with E-state index in [4.69, 9.17) is 0 Å². The Morgan fingerprint density at radius 3 is 3.00 bits per heavy atom. The molecule has 14 heavy (non-hydrogen) atoms. The van der Waals surface area contributed by atoms with Gasteiger partial charge in [-0.25, -0.2) is 4.98 Å². The smallest absolute Gasteiger partial charge is 0.293 e. The lowest BCUT2D eigenvalue weighted by Crippen LogP contribution is -2.26. The van der Waals surface area contributed by atoms with Gasteiger partial charge in [0.2, 0.25) is 0 Å². The van der Waals surface area contributed by atoms with Crippen molar-refractivity contribution in [1.82, 2.24) is 9.55 Å². The largest absolute Gasteiger partial charge is 0.363 e. The minimum absolute atomic E-state index is 0.0737. The summed E-state index contributed by atoms with van der Waals surface area (Å²) in [6.07, 6.45) is 5.42. The van der Waals surface area contributed by atoms with Crippen LogP contribution in [0.2, 0.25) is 0 Å². The highest BCUT2D eigenvalue weighted by Crippen LogP contribution is 2.01. The molecular formula is C10H17N3O. The number of hydrogen-bond acceptors (Lipinski definition) is 3. The number of nitrogens with zero attached hydrogens (tertiary/aromatic N) is 2. The van der Waals surface area contributed by atoms with E-state index in [0.29, 0.717) is 11.9 Å². The normalized spacial score (nSPS) is 12.5. The average Bonchev–Trinajstić information content (AvgIpc) is 2.13. The molecule has 0 aliphatic rings. The van der Waals surface area contributed by atoms with Crippen LogP contribution in [-0.2, 0) is 7.05 Å². The highest BCUT2D eigenvalue weighted by molar-refractivity contribution is 5.31. The van der Waals surface area contributed by atoms with Gasteiger partial charge < -0.3 is 9.88 Å². The fraction of sp³-hybridized carbons (Fsp3) is 0.600. The van der Waals surface area contributed by atoms with E-state index in [9.17, 15) is 4.79 Å². The maximum absolute atomic E-state index is 11.5. The molecule has 0 amide bonds. The van der Waals surface area contributed by atoms with Gasteiger partial charge in [-0.3, -0.25) is 4.79 Å². The molecule has 4 heteroatoms. The molecule has 0 bridgehead atoms. The third-order valence-corrected chi connectivity index (χ3v) is 2.12. The zero-order valence-corrected chi connectivity index (χ0v) is 8.95. The van der Waals surface area contributed by atoms with Gasteiger partial charge in [-0.15, -0.1) is 0 Å². The van der Waals surface area contributed by atoms with Crippen LogP contribution in [0.5, 0.6) is 0 Å². The lowest BCUT2D eigenvalue weighted by atomic mass is 10.2. The quantitative estimate of drug-likeness (QED) is 0.789. The van der Waals surface area contributed by atoms with E-state index in [1.807, 2.05) is 0 Å². The molecule has 1 unspecified atom stereocenters. The molecule has 1 rings (SSSR count). The molecule has 0 aliphatic heterocycles. The van der Waals surface area contributed by atoms with Gasteiger partial charge in [0.05, 0.1) is 0 Å². The van der Waals surface area contributed by atoms with Crippen molar-refractivity contribution in [2.75, 3.05) is 5.32 Å². The van der Waals surface area contributed by atoms with Gasteiger partial charge in [0.1, 0.15) is 0 Å². The number of nitrogens with one attached hydrogen (secondary N) is 1. The molecule has 1 atom stereocenters. The van der Waals surface area contributed by atoms with Crippen LogP contribution in [0, 0.1) is 0 Å². The van der Waals surface area contributed by atoms with E-state index < -0.39 is 0 Å². The van der Waals surface area contributed by atoms with Crippen LogP contribution in [0.3, 0.4) is 0 Å². The minimum atomic E-state index is -0.0737. The molecular weight excluding hydrogens is 178 g/mol. The molecule has 1 heterocycles. The van der Waals surface area contributed by atoms with Crippen molar-refractivity contribution in [3.8, 4) is 0 Å². The number of aromatic nitrogens is 2. The van der Waals surface area contributed by atoms with Crippen LogP contribution in [0.1, 0.15) is 26.7 Å². The monoisotopic (exact) mass is 195 g/mol. The maximum Gasteiger partial charge on any atom is 0.293 e. The Morgan fingerprint density at radius 1 is 1.64 bits per heavy atom. The summed E-state index contributed by atoms with van der Waals surface area (Å²) < 4.78 is 1.52. The first kappa shape index (κ1) is 10.8. The summed E-state index contributed by atoms with van der Waals surface area (Å²) in [5.74, 6) is 0.441. The third kappa shape index (κ3) is 2.58. The van der Waals surface area contributed by atoms with Gasteiger partial charge in [-0.05, 0) is 13.3 Å². The van der Waals surface area contributed by atoms with Crippen molar-refractivity contribution in [3.05, 3.63) is 22.7 Å². The molecule has 0 radical (unpaired) electrons. The number of aryl methyl sites for hydroxylation is 1. The summed E-state index contributed by atoms with van der Waals surface area (Å²) >= 11 is 0. The van der Waals surface area contributed by atoms with Crippen molar-refractivity contribution < 1.29 is 0 Å². The maximum atomic E-state index is 11.5. The van der Waals surface area contributed by atoms with Crippen molar-refractivity contribution in [1.29, 1.82) is 0 Å². The fourth-order valence-electron chi connectivity index (χ4n) is 1.34. The Balaban J connectivity index is 2.77. The summed E-state index contributed by atoms with van der Waals surface area (Å²) in [4.78, 5) is 15.6. The minimum Gasteiger partial charge on any atom is -0.363 e. The van der Waals surface area contributed by atoms with E-state index in [1.165, 1.54) is 4.57 Å². The Labute approximate surface area is 84.0 Å². The summed E-state index contributed by atoms with van der Waals surface area (Å²) in [6.45, 7) is 4.17. The van der Waals surface area contributed by atoms with Crippen molar-refractivity contribution >= 4 is 5.82 Å². The molecule has 0 spiro atoms. The first-order valence-electron chi connectivity index (χ1n) is 4.93. The van der Waals surface area contributed by atoms with Gasteiger partial charge in [0.15, 0.2) is 5.82 Å². The molecule has 0 saturated heterocycles. The topological polar surface area (TPSA) is 46.9 Å². The van der Waals surface area contributed by atoms with Crippen LogP contribution in [-0.4, -0.2) is 15.6 Å². The van der Waals surface area contributed by atoms with Gasteiger partial charge in [-0.1, -0.05) is 13.3 Å². The molecule has 0 aliphatic carbocycles. The number of hydrogen-bond donors (Lipinski definition) is 1. The Kier molecular flexibility index (Phi) is 3.68. The second-order valence-electron chi connectivity index (χ2n) is 3.53. The Bertz CT molecular complexity index is 345. The van der Waals surface area contributed by atoms with E-state index in [1.54, 1.807) is 19.4 Å². The van der Waals surface area contributed by atoms with Crippen molar-refractivity contribution in [2.24, 2.45) is 7.05 Å². The summed E-state index contributed by atoms with van der Waals surface area (Å²) in [5, 5.41) is 3.11. The molecule has 1 aromatic rings. The van der Waals surface area contributed by atoms with Crippen LogP contribution >= 0.6 is 0 Å². The van der Waals surface area contributed by atoms with Crippen LogP contribution in [0.4, 0.5) is 5.82 Å². The number of anilines is 1. The Hall–Kier alpha value is -1.32. The standard InChI is InChI=1S/C10H17N3O/c1-4-5-8(2)12-9-10(14)13(3)7-6-11-9/h6-8H,4-5H2,1-3H3,(H,11,12). The molecule has 0 fully saturated rings. The highest BCUT2D eigenvalue weighted by atomic mass is 16.1. The van der Waals surface area contributed by atoms with E-state index in [0.717, 1.165) is 12.8 Å². The third-order valence-electron chi connectivity index (χ3n) is 2.12. The molecule has 0 aromatic carbocycles. The molecule has 1 N–H and O–H groups in total. The summed E-state index contributed by atoms with van der Waals surface area (Å²) in [6, 6.07) is 0.294. The lowest BCUT2D eigenvalue weighted by Gasteiger charge is -2.12. The van der Waals surface area contributed by atoms with Crippen LogP contribution in [0.15, 0.2) is 17.2 Å². The predicted molar refractivity (Wildman–Crippen MR) is 57.5 cm³/mol. The first-order chi connectivity index (χ1) is 6.65. The van der Waals surface area contributed by atoms with E-state index in [2.05, 4.69) is 24.1 Å². The SMILES string of the molecule is CCCC(C)Nc1nccn(C)c1=O. The number of rotatable bonds is 4. The lowest BCUT2D eigenvalue weighted by molar-refractivity contribution is 0.682. The molecule has 4 nitrogen and oxygen atoms in total. The van der Waals surface area contributed by atoms with E-state index in [-0.39, 0.29) is 5.56 Å². The Morgan fingerprint density at radius 2 is 2.36 bits per heavy atom. The van der Waals surface area contributed by atoms with Gasteiger partial charge in [0, 0.05) is 25.5 Å². The van der Waals surface area contributed by atoms with Crippen molar-refractivity contribution in [3.63, 3.8) is 0 Å². The molecule has 78 valence electrons. The summed E-state index contributed by atoms with van der Waals surface area (Å²) in [7, 11) is 1.72. The van der Waals surface area contributed by atoms with Crippen molar-refractivity contribution in [2.45, 2.75) is 32.7 Å².